The minimum Gasteiger partial charge on any atom is -0.495 e. The highest BCUT2D eigenvalue weighted by Gasteiger charge is 2.23. The number of hydrogen-bond acceptors (Lipinski definition) is 4. The van der Waals surface area contributed by atoms with Gasteiger partial charge >= 0.3 is 0 Å². The van der Waals surface area contributed by atoms with Crippen molar-refractivity contribution in [1.82, 2.24) is 0 Å². The molecule has 0 fully saturated rings. The predicted octanol–water partition coefficient (Wildman–Crippen LogP) is 2.27. The fourth-order valence-electron chi connectivity index (χ4n) is 1.58. The van der Waals surface area contributed by atoms with E-state index in [2.05, 4.69) is 15.9 Å². The third-order valence-electron chi connectivity index (χ3n) is 2.62. The summed E-state index contributed by atoms with van der Waals surface area (Å²) < 4.78 is 11.0. The van der Waals surface area contributed by atoms with E-state index in [1.807, 2.05) is 0 Å². The molecule has 0 bridgehead atoms. The van der Waals surface area contributed by atoms with E-state index in [0.717, 1.165) is 0 Å². The molecule has 0 aliphatic rings. The van der Waals surface area contributed by atoms with Crippen molar-refractivity contribution in [2.24, 2.45) is 0 Å². The van der Waals surface area contributed by atoms with Crippen molar-refractivity contribution < 1.29 is 19.7 Å². The minimum absolute atomic E-state index is 0.466. The first-order valence-corrected chi connectivity index (χ1v) is 6.12. The maximum atomic E-state index is 10.00. The van der Waals surface area contributed by atoms with Gasteiger partial charge in [0.1, 0.15) is 22.1 Å². The molecule has 2 atom stereocenters. The summed E-state index contributed by atoms with van der Waals surface area (Å²) in [5.74, 6) is 1.09. The van der Waals surface area contributed by atoms with Crippen molar-refractivity contribution in [3.05, 3.63) is 22.2 Å². The molecule has 0 heterocycles. The van der Waals surface area contributed by atoms with Crippen LogP contribution in [0.1, 0.15) is 25.0 Å². The van der Waals surface area contributed by atoms with Crippen LogP contribution in [0.3, 0.4) is 0 Å². The van der Waals surface area contributed by atoms with Gasteiger partial charge in [-0.3, -0.25) is 0 Å². The van der Waals surface area contributed by atoms with E-state index < -0.39 is 12.2 Å². The number of methoxy groups -OCH3 is 2. The molecule has 0 aromatic heterocycles. The minimum atomic E-state index is -0.975. The number of aliphatic hydroxyl groups is 2. The molecule has 0 radical (unpaired) electrons. The van der Waals surface area contributed by atoms with Crippen LogP contribution >= 0.6 is 15.9 Å². The van der Waals surface area contributed by atoms with Gasteiger partial charge in [0.05, 0.1) is 20.3 Å². The van der Waals surface area contributed by atoms with Gasteiger partial charge in [-0.05, 0) is 34.5 Å². The van der Waals surface area contributed by atoms with Gasteiger partial charge in [0.25, 0.3) is 0 Å². The molecule has 0 spiro atoms. The summed E-state index contributed by atoms with van der Waals surface area (Å²) in [6.45, 7) is 1.80. The molecule has 0 aliphatic heterocycles. The normalized spacial score (nSPS) is 14.2. The second-order valence-corrected chi connectivity index (χ2v) is 4.42. The van der Waals surface area contributed by atoms with Gasteiger partial charge in [-0.2, -0.15) is 0 Å². The molecule has 5 heteroatoms. The Morgan fingerprint density at radius 1 is 1.24 bits per heavy atom. The van der Waals surface area contributed by atoms with Gasteiger partial charge in [0.15, 0.2) is 0 Å². The molecule has 0 saturated carbocycles. The zero-order valence-electron chi connectivity index (χ0n) is 10.1. The van der Waals surface area contributed by atoms with Crippen molar-refractivity contribution >= 4 is 15.9 Å². The number of benzene rings is 1. The van der Waals surface area contributed by atoms with Crippen LogP contribution in [0.25, 0.3) is 0 Å². The zero-order valence-corrected chi connectivity index (χ0v) is 11.7. The van der Waals surface area contributed by atoms with Gasteiger partial charge in [-0.15, -0.1) is 0 Å². The van der Waals surface area contributed by atoms with Crippen LogP contribution in [-0.4, -0.2) is 30.5 Å². The van der Waals surface area contributed by atoms with Gasteiger partial charge in [-0.1, -0.05) is 6.92 Å². The number of aliphatic hydroxyl groups excluding tert-OH is 2. The van der Waals surface area contributed by atoms with Crippen LogP contribution < -0.4 is 9.47 Å². The van der Waals surface area contributed by atoms with Crippen LogP contribution in [-0.2, 0) is 0 Å². The lowest BCUT2D eigenvalue weighted by Gasteiger charge is -2.20. The molecule has 96 valence electrons. The summed E-state index contributed by atoms with van der Waals surface area (Å²) in [6, 6.07) is 3.40. The van der Waals surface area contributed by atoms with Crippen LogP contribution in [0.2, 0.25) is 0 Å². The summed E-state index contributed by atoms with van der Waals surface area (Å²) in [5, 5.41) is 19.7. The number of hydrogen-bond donors (Lipinski definition) is 2. The van der Waals surface area contributed by atoms with Crippen molar-refractivity contribution in [1.29, 1.82) is 0 Å². The number of rotatable bonds is 5. The fourth-order valence-corrected chi connectivity index (χ4v) is 2.27. The van der Waals surface area contributed by atoms with E-state index in [1.165, 1.54) is 7.11 Å². The molecule has 1 aromatic rings. The molecule has 2 N–H and O–H groups in total. The van der Waals surface area contributed by atoms with E-state index >= 15 is 0 Å². The van der Waals surface area contributed by atoms with E-state index in [1.54, 1.807) is 26.2 Å². The van der Waals surface area contributed by atoms with Crippen LogP contribution in [0.5, 0.6) is 11.5 Å². The molecule has 0 saturated heterocycles. The van der Waals surface area contributed by atoms with Crippen molar-refractivity contribution in [3.8, 4) is 11.5 Å². The molecule has 4 nitrogen and oxygen atoms in total. The predicted molar refractivity (Wildman–Crippen MR) is 68.5 cm³/mol. The Morgan fingerprint density at radius 3 is 2.35 bits per heavy atom. The first kappa shape index (κ1) is 14.3. The highest BCUT2D eigenvalue weighted by molar-refractivity contribution is 9.10. The average molecular weight is 305 g/mol. The number of ether oxygens (including phenoxy) is 2. The van der Waals surface area contributed by atoms with E-state index in [-0.39, 0.29) is 0 Å². The Labute approximate surface area is 109 Å². The summed E-state index contributed by atoms with van der Waals surface area (Å²) >= 11 is 3.35. The third-order valence-corrected chi connectivity index (χ3v) is 3.37. The molecular weight excluding hydrogens is 288 g/mol. The Kier molecular flexibility index (Phi) is 5.24. The van der Waals surface area contributed by atoms with Crippen molar-refractivity contribution in [2.45, 2.75) is 25.6 Å². The van der Waals surface area contributed by atoms with Crippen LogP contribution in [0, 0.1) is 0 Å². The maximum Gasteiger partial charge on any atom is 0.142 e. The monoisotopic (exact) mass is 304 g/mol. The Hall–Kier alpha value is -0.780. The molecule has 1 rings (SSSR count). The zero-order chi connectivity index (χ0) is 13.0. The Morgan fingerprint density at radius 2 is 1.88 bits per heavy atom. The lowest BCUT2D eigenvalue weighted by atomic mass is 10.0. The van der Waals surface area contributed by atoms with Crippen LogP contribution in [0.4, 0.5) is 0 Å². The van der Waals surface area contributed by atoms with Gasteiger partial charge in [0.2, 0.25) is 0 Å². The lowest BCUT2D eigenvalue weighted by molar-refractivity contribution is 0.0150. The summed E-state index contributed by atoms with van der Waals surface area (Å²) in [4.78, 5) is 0. The van der Waals surface area contributed by atoms with E-state index in [4.69, 9.17) is 9.47 Å². The topological polar surface area (TPSA) is 58.9 Å². The van der Waals surface area contributed by atoms with Crippen molar-refractivity contribution in [3.63, 3.8) is 0 Å². The second kappa shape index (κ2) is 6.23. The van der Waals surface area contributed by atoms with Gasteiger partial charge < -0.3 is 19.7 Å². The fraction of sp³-hybridized carbons (Fsp3) is 0.500. The third kappa shape index (κ3) is 2.91. The second-order valence-electron chi connectivity index (χ2n) is 3.62. The summed E-state index contributed by atoms with van der Waals surface area (Å²) in [6.07, 6.45) is -1.32. The van der Waals surface area contributed by atoms with Crippen molar-refractivity contribution in [2.75, 3.05) is 14.2 Å². The van der Waals surface area contributed by atoms with E-state index in [0.29, 0.717) is 28.0 Å². The standard InChI is InChI=1S/C12H17BrO4/c1-4-8(14)11(15)7-5-6-9(16-2)10(13)12(7)17-3/h5-6,8,11,14-15H,4H2,1-3H3. The Bertz CT molecular complexity index is 381. The SMILES string of the molecule is CCC(O)C(O)c1ccc(OC)c(Br)c1OC. The number of halogens is 1. The first-order valence-electron chi connectivity index (χ1n) is 5.33. The van der Waals surface area contributed by atoms with Crippen LogP contribution in [0.15, 0.2) is 16.6 Å². The van der Waals surface area contributed by atoms with Gasteiger partial charge in [0, 0.05) is 5.56 Å². The molecule has 0 amide bonds. The molecule has 0 aliphatic carbocycles. The average Bonchev–Trinajstić information content (AvgIpc) is 2.36. The molecule has 1 aromatic carbocycles. The molecular formula is C12H17BrO4. The highest BCUT2D eigenvalue weighted by Crippen LogP contribution is 2.40. The molecule has 2 unspecified atom stereocenters. The highest BCUT2D eigenvalue weighted by atomic mass is 79.9. The summed E-state index contributed by atoms with van der Waals surface area (Å²) in [7, 11) is 3.06. The quantitative estimate of drug-likeness (QED) is 0.876. The first-order chi connectivity index (χ1) is 8.06. The molecule has 17 heavy (non-hydrogen) atoms. The Balaban J connectivity index is 3.20. The maximum absolute atomic E-state index is 10.00. The smallest absolute Gasteiger partial charge is 0.142 e. The largest absolute Gasteiger partial charge is 0.495 e. The summed E-state index contributed by atoms with van der Waals surface area (Å²) in [5.41, 5.74) is 0.537. The van der Waals surface area contributed by atoms with Gasteiger partial charge in [-0.25, -0.2) is 0 Å². The lowest BCUT2D eigenvalue weighted by Crippen LogP contribution is -2.17. The van der Waals surface area contributed by atoms with E-state index in [9.17, 15) is 10.2 Å².